The summed E-state index contributed by atoms with van der Waals surface area (Å²) in [4.78, 5) is 22.8. The van der Waals surface area contributed by atoms with Gasteiger partial charge in [0.2, 0.25) is 0 Å². The van der Waals surface area contributed by atoms with E-state index in [1.807, 2.05) is 24.3 Å². The molecule has 6 heteroatoms. The Morgan fingerprint density at radius 1 is 1.17 bits per heavy atom. The van der Waals surface area contributed by atoms with Crippen LogP contribution in [0.15, 0.2) is 48.8 Å². The van der Waals surface area contributed by atoms with Gasteiger partial charge in [0, 0.05) is 12.6 Å². The molecular weight excluding hydrogens is 306 g/mol. The van der Waals surface area contributed by atoms with Gasteiger partial charge >= 0.3 is 5.97 Å². The van der Waals surface area contributed by atoms with E-state index in [4.69, 9.17) is 9.84 Å². The number of hydrogen-bond donors (Lipinski definition) is 2. The first kappa shape index (κ1) is 15.7. The Bertz CT molecular complexity index is 841. The number of carboxylic acid groups (broad SMARTS) is 1. The lowest BCUT2D eigenvalue weighted by atomic mass is 10.1. The van der Waals surface area contributed by atoms with Crippen LogP contribution in [0.2, 0.25) is 0 Å². The van der Waals surface area contributed by atoms with E-state index in [0.29, 0.717) is 11.4 Å². The number of nitrogens with one attached hydrogen (secondary N) is 1. The van der Waals surface area contributed by atoms with Crippen molar-refractivity contribution in [3.05, 3.63) is 65.7 Å². The van der Waals surface area contributed by atoms with Gasteiger partial charge in [-0.2, -0.15) is 0 Å². The molecule has 2 heterocycles. The van der Waals surface area contributed by atoms with E-state index in [2.05, 4.69) is 15.0 Å². The number of aromatic carboxylic acids is 1. The number of ether oxygens (including phenoxy) is 1. The number of methoxy groups -OCH3 is 1. The topological polar surface area (TPSA) is 88.1 Å². The molecular formula is C18H17N3O3. The SMILES string of the molecule is COc1ccc(CCc2ncc(-c3cc(C(=O)O)ccn3)[nH]2)cc1. The number of H-pyrrole nitrogens is 1. The van der Waals surface area contributed by atoms with Crippen LogP contribution >= 0.6 is 0 Å². The number of rotatable bonds is 6. The highest BCUT2D eigenvalue weighted by Crippen LogP contribution is 2.17. The summed E-state index contributed by atoms with van der Waals surface area (Å²) in [5, 5.41) is 9.05. The molecule has 0 radical (unpaired) electrons. The first-order chi connectivity index (χ1) is 11.7. The second kappa shape index (κ2) is 6.95. The molecule has 0 saturated carbocycles. The molecule has 0 aliphatic heterocycles. The zero-order chi connectivity index (χ0) is 16.9. The normalized spacial score (nSPS) is 10.5. The maximum Gasteiger partial charge on any atom is 0.335 e. The lowest BCUT2D eigenvalue weighted by Crippen LogP contribution is -1.97. The summed E-state index contributed by atoms with van der Waals surface area (Å²) in [6, 6.07) is 10.9. The van der Waals surface area contributed by atoms with Crippen LogP contribution in [0.5, 0.6) is 5.75 Å². The smallest absolute Gasteiger partial charge is 0.335 e. The molecule has 122 valence electrons. The number of benzene rings is 1. The second-order valence-electron chi connectivity index (χ2n) is 5.33. The van der Waals surface area contributed by atoms with Crippen LogP contribution in [-0.2, 0) is 12.8 Å². The minimum Gasteiger partial charge on any atom is -0.497 e. The van der Waals surface area contributed by atoms with Crippen LogP contribution in [0.25, 0.3) is 11.4 Å². The van der Waals surface area contributed by atoms with Crippen molar-refractivity contribution in [3.8, 4) is 17.1 Å². The molecule has 0 atom stereocenters. The first-order valence-electron chi connectivity index (χ1n) is 7.52. The van der Waals surface area contributed by atoms with Crippen molar-refractivity contribution in [2.75, 3.05) is 7.11 Å². The van der Waals surface area contributed by atoms with E-state index in [1.54, 1.807) is 13.3 Å². The van der Waals surface area contributed by atoms with E-state index in [0.717, 1.165) is 24.4 Å². The maximum atomic E-state index is 11.0. The van der Waals surface area contributed by atoms with Crippen LogP contribution in [0.4, 0.5) is 0 Å². The van der Waals surface area contributed by atoms with Gasteiger partial charge in [-0.05, 0) is 36.2 Å². The summed E-state index contributed by atoms with van der Waals surface area (Å²) in [6.45, 7) is 0. The lowest BCUT2D eigenvalue weighted by Gasteiger charge is -2.02. The van der Waals surface area contributed by atoms with E-state index < -0.39 is 5.97 Å². The molecule has 0 amide bonds. The van der Waals surface area contributed by atoms with E-state index in [1.165, 1.54) is 23.9 Å². The quantitative estimate of drug-likeness (QED) is 0.728. The van der Waals surface area contributed by atoms with Crippen molar-refractivity contribution in [2.45, 2.75) is 12.8 Å². The summed E-state index contributed by atoms with van der Waals surface area (Å²) in [5.74, 6) is 0.699. The van der Waals surface area contributed by atoms with Gasteiger partial charge < -0.3 is 14.8 Å². The Hall–Kier alpha value is -3.15. The molecule has 3 rings (SSSR count). The minimum atomic E-state index is -0.974. The molecule has 2 N–H and O–H groups in total. The summed E-state index contributed by atoms with van der Waals surface area (Å²) in [5.41, 5.74) is 2.68. The molecule has 0 bridgehead atoms. The molecule has 6 nitrogen and oxygen atoms in total. The lowest BCUT2D eigenvalue weighted by molar-refractivity contribution is 0.0697. The molecule has 3 aromatic rings. The second-order valence-corrected chi connectivity index (χ2v) is 5.33. The van der Waals surface area contributed by atoms with E-state index in [9.17, 15) is 4.79 Å². The first-order valence-corrected chi connectivity index (χ1v) is 7.52. The fourth-order valence-electron chi connectivity index (χ4n) is 2.39. The zero-order valence-corrected chi connectivity index (χ0v) is 13.2. The highest BCUT2D eigenvalue weighted by Gasteiger charge is 2.09. The Labute approximate surface area is 139 Å². The third kappa shape index (κ3) is 3.60. The van der Waals surface area contributed by atoms with Crippen LogP contribution < -0.4 is 4.74 Å². The van der Waals surface area contributed by atoms with Crippen LogP contribution in [0, 0.1) is 0 Å². The highest BCUT2D eigenvalue weighted by atomic mass is 16.5. The number of pyridine rings is 1. The number of carboxylic acids is 1. The predicted molar refractivity (Wildman–Crippen MR) is 89.2 cm³/mol. The molecule has 0 aliphatic rings. The number of aromatic nitrogens is 3. The van der Waals surface area contributed by atoms with Crippen LogP contribution in [0.1, 0.15) is 21.7 Å². The maximum absolute atomic E-state index is 11.0. The summed E-state index contributed by atoms with van der Waals surface area (Å²) in [7, 11) is 1.65. The third-order valence-electron chi connectivity index (χ3n) is 3.72. The third-order valence-corrected chi connectivity index (χ3v) is 3.72. The number of imidazole rings is 1. The molecule has 24 heavy (non-hydrogen) atoms. The largest absolute Gasteiger partial charge is 0.497 e. The van der Waals surface area contributed by atoms with Crippen molar-refractivity contribution in [1.29, 1.82) is 0 Å². The van der Waals surface area contributed by atoms with Gasteiger partial charge in [0.1, 0.15) is 11.6 Å². The Kier molecular flexibility index (Phi) is 4.56. The number of carbonyl (C=O) groups is 1. The van der Waals surface area contributed by atoms with Gasteiger partial charge in [0.25, 0.3) is 0 Å². The standard InChI is InChI=1S/C18H17N3O3/c1-24-14-5-2-12(3-6-14)4-7-17-20-11-16(21-17)15-10-13(18(22)23)8-9-19-15/h2-3,5-6,8-11H,4,7H2,1H3,(H,20,21)(H,22,23). The molecule has 0 unspecified atom stereocenters. The fraction of sp³-hybridized carbons (Fsp3) is 0.167. The Balaban J connectivity index is 1.69. The van der Waals surface area contributed by atoms with Crippen molar-refractivity contribution >= 4 is 5.97 Å². The average Bonchev–Trinajstić information content (AvgIpc) is 3.09. The van der Waals surface area contributed by atoms with Crippen LogP contribution in [0.3, 0.4) is 0 Å². The van der Waals surface area contributed by atoms with Crippen LogP contribution in [-0.4, -0.2) is 33.1 Å². The summed E-state index contributed by atoms with van der Waals surface area (Å²) < 4.78 is 5.14. The van der Waals surface area contributed by atoms with Crippen molar-refractivity contribution in [2.24, 2.45) is 0 Å². The molecule has 0 spiro atoms. The van der Waals surface area contributed by atoms with Gasteiger partial charge in [-0.25, -0.2) is 9.78 Å². The highest BCUT2D eigenvalue weighted by molar-refractivity contribution is 5.88. The van der Waals surface area contributed by atoms with Gasteiger partial charge in [-0.3, -0.25) is 4.98 Å². The van der Waals surface area contributed by atoms with Crippen molar-refractivity contribution in [3.63, 3.8) is 0 Å². The van der Waals surface area contributed by atoms with E-state index in [-0.39, 0.29) is 5.56 Å². The molecule has 0 fully saturated rings. The monoisotopic (exact) mass is 323 g/mol. The number of aryl methyl sites for hydroxylation is 2. The average molecular weight is 323 g/mol. The Morgan fingerprint density at radius 2 is 1.96 bits per heavy atom. The number of nitrogens with zero attached hydrogens (tertiary/aromatic N) is 2. The molecule has 0 saturated heterocycles. The molecule has 2 aromatic heterocycles. The number of aromatic amines is 1. The Morgan fingerprint density at radius 3 is 2.67 bits per heavy atom. The summed E-state index contributed by atoms with van der Waals surface area (Å²) >= 11 is 0. The van der Waals surface area contributed by atoms with Gasteiger partial charge in [0.15, 0.2) is 0 Å². The van der Waals surface area contributed by atoms with Crippen molar-refractivity contribution < 1.29 is 14.6 Å². The molecule has 0 aliphatic carbocycles. The van der Waals surface area contributed by atoms with Gasteiger partial charge in [0.05, 0.1) is 30.3 Å². The predicted octanol–water partition coefficient (Wildman–Crippen LogP) is 2.96. The summed E-state index contributed by atoms with van der Waals surface area (Å²) in [6.07, 6.45) is 4.76. The zero-order valence-electron chi connectivity index (χ0n) is 13.2. The van der Waals surface area contributed by atoms with Gasteiger partial charge in [-0.1, -0.05) is 12.1 Å². The minimum absolute atomic E-state index is 0.203. The fourth-order valence-corrected chi connectivity index (χ4v) is 2.39. The van der Waals surface area contributed by atoms with E-state index >= 15 is 0 Å². The number of hydrogen-bond acceptors (Lipinski definition) is 4. The molecule has 1 aromatic carbocycles. The van der Waals surface area contributed by atoms with Crippen molar-refractivity contribution in [1.82, 2.24) is 15.0 Å². The van der Waals surface area contributed by atoms with Gasteiger partial charge in [-0.15, -0.1) is 0 Å².